The van der Waals surface area contributed by atoms with E-state index in [1.54, 1.807) is 0 Å². The number of ketones is 1. The van der Waals surface area contributed by atoms with Crippen LogP contribution in [0.25, 0.3) is 0 Å². The van der Waals surface area contributed by atoms with Crippen LogP contribution in [-0.4, -0.2) is 10.9 Å². The molecule has 0 aliphatic rings. The van der Waals surface area contributed by atoms with Crippen LogP contribution < -0.4 is 0 Å². The van der Waals surface area contributed by atoms with Crippen molar-refractivity contribution in [2.45, 2.75) is 19.8 Å². The average molecular weight is 190 g/mol. The fraction of sp³-hybridized carbons (Fsp3) is 0.250. The Kier molecular flexibility index (Phi) is 3.92. The molecule has 1 aromatic carbocycles. The van der Waals surface area contributed by atoms with Crippen LogP contribution in [0.2, 0.25) is 0 Å². The van der Waals surface area contributed by atoms with Crippen molar-refractivity contribution >= 4 is 5.78 Å². The molecule has 0 atom stereocenters. The number of carbonyl (C=O) groups is 1. The van der Waals surface area contributed by atoms with Gasteiger partial charge < -0.3 is 5.11 Å². The minimum Gasteiger partial charge on any atom is -0.512 e. The molecule has 1 aromatic rings. The highest BCUT2D eigenvalue weighted by molar-refractivity contribution is 5.87. The number of aliphatic hydroxyl groups is 1. The summed E-state index contributed by atoms with van der Waals surface area (Å²) in [5.74, 6) is 0.0388. The second-order valence-corrected chi connectivity index (χ2v) is 3.23. The highest BCUT2D eigenvalue weighted by Gasteiger charge is 1.97. The maximum Gasteiger partial charge on any atom is 0.155 e. The summed E-state index contributed by atoms with van der Waals surface area (Å²) in [6.07, 6.45) is 2.54. The summed E-state index contributed by atoms with van der Waals surface area (Å²) < 4.78 is 0. The first-order chi connectivity index (χ1) is 6.68. The highest BCUT2D eigenvalue weighted by Crippen LogP contribution is 2.06. The van der Waals surface area contributed by atoms with Gasteiger partial charge in [0.05, 0.1) is 5.76 Å². The van der Waals surface area contributed by atoms with Gasteiger partial charge in [-0.1, -0.05) is 30.3 Å². The van der Waals surface area contributed by atoms with Crippen LogP contribution in [0.1, 0.15) is 18.9 Å². The van der Waals surface area contributed by atoms with Gasteiger partial charge in [0.2, 0.25) is 0 Å². The summed E-state index contributed by atoms with van der Waals surface area (Å²) in [5.41, 5.74) is 1.16. The lowest BCUT2D eigenvalue weighted by Crippen LogP contribution is -1.91. The quantitative estimate of drug-likeness (QED) is 0.585. The molecular formula is C12H14O2. The lowest BCUT2D eigenvalue weighted by molar-refractivity contribution is -0.112. The van der Waals surface area contributed by atoms with E-state index >= 15 is 0 Å². The van der Waals surface area contributed by atoms with E-state index in [4.69, 9.17) is 0 Å². The number of hydrogen-bond acceptors (Lipinski definition) is 2. The van der Waals surface area contributed by atoms with E-state index in [1.165, 1.54) is 13.0 Å². The number of benzene rings is 1. The van der Waals surface area contributed by atoms with Gasteiger partial charge in [0.25, 0.3) is 0 Å². The molecule has 0 aromatic heterocycles. The van der Waals surface area contributed by atoms with Crippen molar-refractivity contribution < 1.29 is 9.90 Å². The largest absolute Gasteiger partial charge is 0.512 e. The van der Waals surface area contributed by atoms with Crippen molar-refractivity contribution in [3.63, 3.8) is 0 Å². The van der Waals surface area contributed by atoms with Crippen LogP contribution in [0.15, 0.2) is 42.2 Å². The molecule has 0 spiro atoms. The first kappa shape index (κ1) is 10.5. The first-order valence-corrected chi connectivity index (χ1v) is 4.62. The monoisotopic (exact) mass is 190 g/mol. The Balaban J connectivity index is 2.45. The molecule has 14 heavy (non-hydrogen) atoms. The highest BCUT2D eigenvalue weighted by atomic mass is 16.3. The van der Waals surface area contributed by atoms with Gasteiger partial charge in [-0.25, -0.2) is 0 Å². The standard InChI is InChI=1S/C12H14O2/c1-10(13)9-12(14)8-7-11-5-3-2-4-6-11/h2-6,9,14H,7-8H2,1H3/b12-9-. The summed E-state index contributed by atoms with van der Waals surface area (Å²) in [6, 6.07) is 9.87. The van der Waals surface area contributed by atoms with E-state index in [1.807, 2.05) is 30.3 Å². The van der Waals surface area contributed by atoms with Gasteiger partial charge in [-0.05, 0) is 18.9 Å². The Morgan fingerprint density at radius 3 is 2.57 bits per heavy atom. The Labute approximate surface area is 83.9 Å². The lowest BCUT2D eigenvalue weighted by Gasteiger charge is -1.99. The molecule has 0 amide bonds. The Morgan fingerprint density at radius 2 is 2.00 bits per heavy atom. The van der Waals surface area contributed by atoms with Crippen molar-refractivity contribution in [1.82, 2.24) is 0 Å². The predicted molar refractivity (Wildman–Crippen MR) is 56.2 cm³/mol. The van der Waals surface area contributed by atoms with Crippen molar-refractivity contribution in [1.29, 1.82) is 0 Å². The molecule has 0 saturated carbocycles. The van der Waals surface area contributed by atoms with E-state index in [9.17, 15) is 9.90 Å². The van der Waals surface area contributed by atoms with Gasteiger partial charge in [0.15, 0.2) is 5.78 Å². The molecule has 1 N–H and O–H groups in total. The number of allylic oxidation sites excluding steroid dienone is 2. The van der Waals surface area contributed by atoms with Crippen LogP contribution in [0, 0.1) is 0 Å². The molecule has 0 heterocycles. The summed E-state index contributed by atoms with van der Waals surface area (Å²) in [4.78, 5) is 10.6. The number of carbonyl (C=O) groups excluding carboxylic acids is 1. The zero-order valence-electron chi connectivity index (χ0n) is 8.23. The predicted octanol–water partition coefficient (Wildman–Crippen LogP) is 2.65. The van der Waals surface area contributed by atoms with Gasteiger partial charge in [-0.2, -0.15) is 0 Å². The van der Waals surface area contributed by atoms with Gasteiger partial charge in [-0.3, -0.25) is 4.79 Å². The third-order valence-corrected chi connectivity index (χ3v) is 1.88. The molecule has 2 nitrogen and oxygen atoms in total. The zero-order valence-corrected chi connectivity index (χ0v) is 8.23. The maximum absolute atomic E-state index is 10.6. The molecule has 2 heteroatoms. The van der Waals surface area contributed by atoms with Crippen molar-refractivity contribution in [2.24, 2.45) is 0 Å². The lowest BCUT2D eigenvalue weighted by atomic mass is 10.1. The molecule has 0 unspecified atom stereocenters. The van der Waals surface area contributed by atoms with Gasteiger partial charge >= 0.3 is 0 Å². The van der Waals surface area contributed by atoms with E-state index in [0.29, 0.717) is 6.42 Å². The molecular weight excluding hydrogens is 176 g/mol. The summed E-state index contributed by atoms with van der Waals surface area (Å²) in [7, 11) is 0. The Bertz CT molecular complexity index is 325. The third-order valence-electron chi connectivity index (χ3n) is 1.88. The summed E-state index contributed by atoms with van der Waals surface area (Å²) in [5, 5.41) is 9.32. The van der Waals surface area contributed by atoms with Crippen LogP contribution in [0.3, 0.4) is 0 Å². The first-order valence-electron chi connectivity index (χ1n) is 4.62. The second kappa shape index (κ2) is 5.22. The SMILES string of the molecule is CC(=O)/C=C(\O)CCc1ccccc1. The summed E-state index contributed by atoms with van der Waals surface area (Å²) in [6.45, 7) is 1.43. The zero-order chi connectivity index (χ0) is 10.4. The van der Waals surface area contributed by atoms with Gasteiger partial charge in [0.1, 0.15) is 0 Å². The number of aryl methyl sites for hydroxylation is 1. The molecule has 0 radical (unpaired) electrons. The Morgan fingerprint density at radius 1 is 1.36 bits per heavy atom. The molecule has 0 aliphatic heterocycles. The molecule has 0 bridgehead atoms. The molecule has 0 fully saturated rings. The minimum absolute atomic E-state index is 0.115. The maximum atomic E-state index is 10.6. The van der Waals surface area contributed by atoms with Crippen LogP contribution in [0.5, 0.6) is 0 Å². The van der Waals surface area contributed by atoms with Gasteiger partial charge in [-0.15, -0.1) is 0 Å². The van der Waals surface area contributed by atoms with Gasteiger partial charge in [0, 0.05) is 12.5 Å². The van der Waals surface area contributed by atoms with Crippen molar-refractivity contribution in [2.75, 3.05) is 0 Å². The Hall–Kier alpha value is -1.57. The summed E-state index contributed by atoms with van der Waals surface area (Å²) >= 11 is 0. The molecule has 74 valence electrons. The number of aliphatic hydroxyl groups excluding tert-OH is 1. The van der Waals surface area contributed by atoms with Crippen LogP contribution in [-0.2, 0) is 11.2 Å². The number of hydrogen-bond donors (Lipinski definition) is 1. The molecule has 1 rings (SSSR count). The smallest absolute Gasteiger partial charge is 0.155 e. The normalized spacial score (nSPS) is 11.4. The van der Waals surface area contributed by atoms with E-state index in [2.05, 4.69) is 0 Å². The fourth-order valence-corrected chi connectivity index (χ4v) is 1.22. The molecule has 0 aliphatic carbocycles. The third kappa shape index (κ3) is 3.90. The van der Waals surface area contributed by atoms with E-state index < -0.39 is 0 Å². The minimum atomic E-state index is -0.115. The van der Waals surface area contributed by atoms with E-state index in [-0.39, 0.29) is 11.5 Å². The van der Waals surface area contributed by atoms with Crippen molar-refractivity contribution in [3.8, 4) is 0 Å². The molecule has 0 saturated heterocycles. The van der Waals surface area contributed by atoms with E-state index in [0.717, 1.165) is 12.0 Å². The second-order valence-electron chi connectivity index (χ2n) is 3.23. The fourth-order valence-electron chi connectivity index (χ4n) is 1.22. The van der Waals surface area contributed by atoms with Crippen LogP contribution >= 0.6 is 0 Å². The topological polar surface area (TPSA) is 37.3 Å². The number of rotatable bonds is 4. The van der Waals surface area contributed by atoms with Crippen molar-refractivity contribution in [3.05, 3.63) is 47.7 Å². The van der Waals surface area contributed by atoms with Crippen LogP contribution in [0.4, 0.5) is 0 Å². The average Bonchev–Trinajstić information content (AvgIpc) is 2.15.